The van der Waals surface area contributed by atoms with Gasteiger partial charge in [-0.2, -0.15) is 0 Å². The van der Waals surface area contributed by atoms with E-state index in [4.69, 9.17) is 36.1 Å². The standard InChI is InChI=1S/C13H19B4NO/c14-12(15)8-13(16,17)11-7-18(6-10(11)12)5-9-1-3-19-4-2-9/h9-11H,1-8H2. The molecule has 3 rings (SSSR count). The van der Waals surface area contributed by atoms with E-state index in [1.165, 1.54) is 0 Å². The van der Waals surface area contributed by atoms with Crippen molar-refractivity contribution in [3.05, 3.63) is 0 Å². The lowest BCUT2D eigenvalue weighted by molar-refractivity contribution is 0.0544. The summed E-state index contributed by atoms with van der Waals surface area (Å²) in [4.78, 5) is 2.45. The quantitative estimate of drug-likeness (QED) is 0.651. The minimum Gasteiger partial charge on any atom is -0.381 e. The fourth-order valence-corrected chi connectivity index (χ4v) is 4.21. The number of ether oxygens (including phenoxy) is 1. The molecule has 1 aliphatic carbocycles. The number of likely N-dealkylation sites (tertiary alicyclic amines) is 1. The Morgan fingerprint density at radius 3 is 2.00 bits per heavy atom. The van der Waals surface area contributed by atoms with Gasteiger partial charge in [0.1, 0.15) is 0 Å². The van der Waals surface area contributed by atoms with Crippen LogP contribution in [0.4, 0.5) is 0 Å². The number of rotatable bonds is 2. The molecule has 6 heteroatoms. The van der Waals surface area contributed by atoms with E-state index in [9.17, 15) is 0 Å². The van der Waals surface area contributed by atoms with Crippen LogP contribution in [0.1, 0.15) is 19.3 Å². The molecule has 0 bridgehead atoms. The lowest BCUT2D eigenvalue weighted by Gasteiger charge is -2.32. The molecule has 19 heavy (non-hydrogen) atoms. The van der Waals surface area contributed by atoms with E-state index in [2.05, 4.69) is 4.90 Å². The Morgan fingerprint density at radius 1 is 0.947 bits per heavy atom. The zero-order valence-corrected chi connectivity index (χ0v) is 11.6. The maximum Gasteiger partial charge on any atom is 0.0624 e. The highest BCUT2D eigenvalue weighted by Gasteiger charge is 2.54. The van der Waals surface area contributed by atoms with E-state index >= 15 is 0 Å². The zero-order chi connectivity index (χ0) is 13.7. The third-order valence-electron chi connectivity index (χ3n) is 5.25. The number of hydrogen-bond donors (Lipinski definition) is 0. The van der Waals surface area contributed by atoms with Crippen LogP contribution in [-0.4, -0.2) is 69.1 Å². The van der Waals surface area contributed by atoms with E-state index in [1.54, 1.807) is 0 Å². The molecule has 0 spiro atoms. The molecule has 3 fully saturated rings. The second-order valence-corrected chi connectivity index (χ2v) is 6.89. The average Bonchev–Trinajstić information content (AvgIpc) is 2.80. The Hall–Kier alpha value is 0.180. The minimum absolute atomic E-state index is 0.224. The molecule has 0 aromatic heterocycles. The normalized spacial score (nSPS) is 38.3. The molecule has 94 valence electrons. The van der Waals surface area contributed by atoms with Gasteiger partial charge < -0.3 is 9.64 Å². The van der Waals surface area contributed by atoms with Crippen LogP contribution >= 0.6 is 0 Å². The van der Waals surface area contributed by atoms with Crippen LogP contribution in [0.5, 0.6) is 0 Å². The molecule has 2 saturated heterocycles. The summed E-state index contributed by atoms with van der Waals surface area (Å²) in [6, 6.07) is 0. The first kappa shape index (κ1) is 14.1. The SMILES string of the molecule is [B]C1([B])CC([B])([B])C2CN(CC3CCOCC3)CC21. The van der Waals surface area contributed by atoms with Crippen LogP contribution in [0, 0.1) is 17.8 Å². The summed E-state index contributed by atoms with van der Waals surface area (Å²) < 4.78 is 5.41. The largest absolute Gasteiger partial charge is 0.381 e. The van der Waals surface area contributed by atoms with Crippen LogP contribution < -0.4 is 0 Å². The van der Waals surface area contributed by atoms with Crippen LogP contribution in [-0.2, 0) is 4.74 Å². The van der Waals surface area contributed by atoms with Crippen molar-refractivity contribution in [1.82, 2.24) is 4.90 Å². The van der Waals surface area contributed by atoms with E-state index in [0.717, 1.165) is 51.6 Å². The van der Waals surface area contributed by atoms with Gasteiger partial charge in [-0.15, -0.1) is 0 Å². The lowest BCUT2D eigenvalue weighted by atomic mass is 9.45. The molecule has 0 aromatic carbocycles. The average molecular weight is 249 g/mol. The summed E-state index contributed by atoms with van der Waals surface area (Å²) in [5.74, 6) is 1.17. The molecule has 2 nitrogen and oxygen atoms in total. The number of fused-ring (bicyclic) bond motifs is 1. The summed E-state index contributed by atoms with van der Waals surface area (Å²) in [5, 5.41) is -1.42. The number of hydrogen-bond acceptors (Lipinski definition) is 2. The maximum absolute atomic E-state index is 6.21. The third kappa shape index (κ3) is 2.67. The summed E-state index contributed by atoms with van der Waals surface area (Å²) >= 11 is 0. The lowest BCUT2D eigenvalue weighted by Crippen LogP contribution is -2.34. The highest BCUT2D eigenvalue weighted by atomic mass is 16.5. The summed E-state index contributed by atoms with van der Waals surface area (Å²) in [7, 11) is 24.8. The molecule has 3 aliphatic rings. The predicted octanol–water partition coefficient (Wildman–Crippen LogP) is 0.271. The van der Waals surface area contributed by atoms with Gasteiger partial charge in [0, 0.05) is 32.8 Å². The Balaban J connectivity index is 1.63. The summed E-state index contributed by atoms with van der Waals surface area (Å²) in [5.41, 5.74) is 0. The fourth-order valence-electron chi connectivity index (χ4n) is 4.21. The molecule has 0 N–H and O–H groups in total. The van der Waals surface area contributed by atoms with Crippen LogP contribution in [0.15, 0.2) is 0 Å². The maximum atomic E-state index is 6.21. The van der Waals surface area contributed by atoms with Crippen molar-refractivity contribution in [2.45, 2.75) is 29.7 Å². The van der Waals surface area contributed by atoms with E-state index in [-0.39, 0.29) is 11.8 Å². The monoisotopic (exact) mass is 249 g/mol. The van der Waals surface area contributed by atoms with Gasteiger partial charge in [-0.3, -0.25) is 0 Å². The first-order valence-electron chi connectivity index (χ1n) is 7.34. The van der Waals surface area contributed by atoms with Gasteiger partial charge in [0.15, 0.2) is 0 Å². The van der Waals surface area contributed by atoms with Gasteiger partial charge in [-0.05, 0) is 30.6 Å². The molecule has 1 saturated carbocycles. The van der Waals surface area contributed by atoms with Crippen molar-refractivity contribution in [3.8, 4) is 0 Å². The first-order chi connectivity index (χ1) is 8.88. The van der Waals surface area contributed by atoms with Crippen molar-refractivity contribution in [1.29, 1.82) is 0 Å². The summed E-state index contributed by atoms with van der Waals surface area (Å²) in [6.45, 7) is 4.75. The minimum atomic E-state index is -0.710. The van der Waals surface area contributed by atoms with Crippen molar-refractivity contribution >= 4 is 31.4 Å². The Bertz CT molecular complexity index is 322. The Morgan fingerprint density at radius 2 is 1.47 bits per heavy atom. The molecule has 0 aromatic rings. The van der Waals surface area contributed by atoms with Gasteiger partial charge in [0.25, 0.3) is 0 Å². The van der Waals surface area contributed by atoms with Crippen molar-refractivity contribution in [2.24, 2.45) is 17.8 Å². The molecule has 2 heterocycles. The summed E-state index contributed by atoms with van der Waals surface area (Å²) in [6.07, 6.45) is 2.82. The fraction of sp³-hybridized carbons (Fsp3) is 1.00. The van der Waals surface area contributed by atoms with Gasteiger partial charge in [-0.25, -0.2) is 0 Å². The predicted molar refractivity (Wildman–Crippen MR) is 80.0 cm³/mol. The molecule has 0 amide bonds. The number of nitrogens with zero attached hydrogens (tertiary/aromatic N) is 1. The Labute approximate surface area is 122 Å². The highest BCUT2D eigenvalue weighted by molar-refractivity contribution is 6.45. The second kappa shape index (κ2) is 4.87. The molecular weight excluding hydrogens is 229 g/mol. The third-order valence-corrected chi connectivity index (χ3v) is 5.25. The molecule has 2 aliphatic heterocycles. The van der Waals surface area contributed by atoms with Crippen molar-refractivity contribution < 1.29 is 4.74 Å². The van der Waals surface area contributed by atoms with E-state index < -0.39 is 10.4 Å². The first-order valence-corrected chi connectivity index (χ1v) is 7.34. The molecule has 2 unspecified atom stereocenters. The molecule has 2 atom stereocenters. The van der Waals surface area contributed by atoms with Crippen molar-refractivity contribution in [3.63, 3.8) is 0 Å². The van der Waals surface area contributed by atoms with Gasteiger partial charge >= 0.3 is 0 Å². The van der Waals surface area contributed by atoms with E-state index in [0.29, 0.717) is 6.42 Å². The molecule has 8 radical (unpaired) electrons. The Kier molecular flexibility index (Phi) is 3.62. The van der Waals surface area contributed by atoms with Gasteiger partial charge in [0.2, 0.25) is 0 Å². The zero-order valence-electron chi connectivity index (χ0n) is 11.6. The topological polar surface area (TPSA) is 12.5 Å². The molecular formula is C13H19B4NO. The van der Waals surface area contributed by atoms with E-state index in [1.807, 2.05) is 0 Å². The van der Waals surface area contributed by atoms with Crippen LogP contribution in [0.3, 0.4) is 0 Å². The second-order valence-electron chi connectivity index (χ2n) is 6.89. The smallest absolute Gasteiger partial charge is 0.0624 e. The van der Waals surface area contributed by atoms with Crippen LogP contribution in [0.2, 0.25) is 10.4 Å². The van der Waals surface area contributed by atoms with Crippen molar-refractivity contribution in [2.75, 3.05) is 32.8 Å². The van der Waals surface area contributed by atoms with Gasteiger partial charge in [-0.1, -0.05) is 16.8 Å². The van der Waals surface area contributed by atoms with Crippen LogP contribution in [0.25, 0.3) is 0 Å². The van der Waals surface area contributed by atoms with Gasteiger partial charge in [0.05, 0.1) is 31.4 Å². The highest BCUT2D eigenvalue weighted by Crippen LogP contribution is 2.61.